The van der Waals surface area contributed by atoms with Gasteiger partial charge < -0.3 is 5.11 Å². The third-order valence-corrected chi connectivity index (χ3v) is 3.44. The normalized spacial score (nSPS) is 18.0. The van der Waals surface area contributed by atoms with Crippen LogP contribution in [0.25, 0.3) is 5.69 Å². The third kappa shape index (κ3) is 2.82. The summed E-state index contributed by atoms with van der Waals surface area (Å²) in [5.74, 6) is 0. The Morgan fingerprint density at radius 2 is 2.11 bits per heavy atom. The van der Waals surface area contributed by atoms with Crippen molar-refractivity contribution in [1.29, 1.82) is 0 Å². The molecule has 3 rings (SSSR count). The number of aliphatic hydroxyl groups excluding tert-OH is 1. The molecule has 102 valence electrons. The molecule has 0 atom stereocenters. The minimum atomic E-state index is -0.137. The lowest BCUT2D eigenvalue weighted by Gasteiger charge is -2.28. The number of aliphatic hydroxyl groups is 1. The van der Waals surface area contributed by atoms with Crippen LogP contribution in [0.5, 0.6) is 0 Å². The summed E-state index contributed by atoms with van der Waals surface area (Å²) in [5, 5.41) is 21.9. The Hall–Kier alpha value is -1.73. The maximum Gasteiger partial charge on any atom is 0.104 e. The quantitative estimate of drug-likeness (QED) is 0.840. The lowest BCUT2D eigenvalue weighted by Crippen LogP contribution is -2.35. The van der Waals surface area contributed by atoms with E-state index >= 15 is 0 Å². The maximum absolute atomic E-state index is 9.48. The van der Waals surface area contributed by atoms with Crippen molar-refractivity contribution in [1.82, 2.24) is 29.7 Å². The summed E-state index contributed by atoms with van der Waals surface area (Å²) in [6.07, 6.45) is 7.14. The van der Waals surface area contributed by atoms with Crippen molar-refractivity contribution < 1.29 is 5.11 Å². The molecule has 7 nitrogen and oxygen atoms in total. The second-order valence-electron chi connectivity index (χ2n) is 5.03. The highest BCUT2D eigenvalue weighted by atomic mass is 16.3. The van der Waals surface area contributed by atoms with Gasteiger partial charge in [-0.15, -0.1) is 5.10 Å². The van der Waals surface area contributed by atoms with Crippen LogP contribution in [0.15, 0.2) is 18.6 Å². The van der Waals surface area contributed by atoms with Crippen molar-refractivity contribution in [3.63, 3.8) is 0 Å². The number of aromatic nitrogens is 5. The molecule has 2 aromatic rings. The van der Waals surface area contributed by atoms with Gasteiger partial charge in [-0.05, 0) is 12.8 Å². The fourth-order valence-electron chi connectivity index (χ4n) is 2.33. The van der Waals surface area contributed by atoms with Gasteiger partial charge in [-0.25, -0.2) is 4.68 Å². The highest BCUT2D eigenvalue weighted by molar-refractivity contribution is 5.23. The Kier molecular flexibility index (Phi) is 3.31. The molecule has 1 saturated heterocycles. The number of nitrogens with zero attached hydrogens (tertiary/aromatic N) is 6. The van der Waals surface area contributed by atoms with Crippen LogP contribution < -0.4 is 0 Å². The van der Waals surface area contributed by atoms with E-state index in [1.165, 1.54) is 0 Å². The lowest BCUT2D eigenvalue weighted by atomic mass is 10.1. The first kappa shape index (κ1) is 12.3. The van der Waals surface area contributed by atoms with Crippen LogP contribution in [0.3, 0.4) is 0 Å². The first-order valence-electron chi connectivity index (χ1n) is 6.51. The van der Waals surface area contributed by atoms with Gasteiger partial charge in [0.15, 0.2) is 0 Å². The van der Waals surface area contributed by atoms with Crippen LogP contribution in [0.2, 0.25) is 0 Å². The molecular weight excluding hydrogens is 244 g/mol. The fourth-order valence-corrected chi connectivity index (χ4v) is 2.33. The van der Waals surface area contributed by atoms with Crippen molar-refractivity contribution >= 4 is 0 Å². The second-order valence-corrected chi connectivity index (χ2v) is 5.03. The minimum absolute atomic E-state index is 0.137. The molecule has 0 saturated carbocycles. The standard InChI is InChI=1S/C12H18N6O/c1-16-9-11(6-13-16)18-8-10(14-15-18)7-17-4-2-12(19)3-5-17/h6,8-9,12,19H,2-5,7H2,1H3. The smallest absolute Gasteiger partial charge is 0.104 e. The average molecular weight is 262 g/mol. The number of aryl methyl sites for hydroxylation is 1. The second kappa shape index (κ2) is 5.10. The lowest BCUT2D eigenvalue weighted by molar-refractivity contribution is 0.0786. The summed E-state index contributed by atoms with van der Waals surface area (Å²) in [4.78, 5) is 2.30. The Balaban J connectivity index is 1.65. The highest BCUT2D eigenvalue weighted by Gasteiger charge is 2.18. The molecule has 7 heteroatoms. The van der Waals surface area contributed by atoms with Crippen LogP contribution in [-0.2, 0) is 13.6 Å². The average Bonchev–Trinajstić information content (AvgIpc) is 3.01. The molecule has 0 bridgehead atoms. The maximum atomic E-state index is 9.48. The topological polar surface area (TPSA) is 72.0 Å². The Morgan fingerprint density at radius 3 is 2.79 bits per heavy atom. The first-order valence-corrected chi connectivity index (χ1v) is 6.51. The molecule has 2 aromatic heterocycles. The predicted molar refractivity (Wildman–Crippen MR) is 68.6 cm³/mol. The van der Waals surface area contributed by atoms with E-state index in [1.807, 2.05) is 19.4 Å². The Bertz CT molecular complexity index is 540. The molecule has 0 radical (unpaired) electrons. The van der Waals surface area contributed by atoms with E-state index in [1.54, 1.807) is 15.6 Å². The van der Waals surface area contributed by atoms with E-state index in [4.69, 9.17) is 0 Å². The number of hydrogen-bond donors (Lipinski definition) is 1. The number of likely N-dealkylation sites (tertiary alicyclic amines) is 1. The molecular formula is C12H18N6O. The number of piperidine rings is 1. The molecule has 1 N–H and O–H groups in total. The van der Waals surface area contributed by atoms with Gasteiger partial charge in [0, 0.05) is 26.7 Å². The van der Waals surface area contributed by atoms with E-state index in [0.717, 1.165) is 43.9 Å². The monoisotopic (exact) mass is 262 g/mol. The van der Waals surface area contributed by atoms with Crippen molar-refractivity contribution in [2.24, 2.45) is 7.05 Å². The summed E-state index contributed by atoms with van der Waals surface area (Å²) < 4.78 is 3.48. The fraction of sp³-hybridized carbons (Fsp3) is 0.583. The zero-order valence-electron chi connectivity index (χ0n) is 11.0. The van der Waals surface area contributed by atoms with Gasteiger partial charge in [-0.1, -0.05) is 5.21 Å². The van der Waals surface area contributed by atoms with Crippen LogP contribution in [0.4, 0.5) is 0 Å². The van der Waals surface area contributed by atoms with Gasteiger partial charge in [0.1, 0.15) is 5.69 Å². The van der Waals surface area contributed by atoms with Gasteiger partial charge in [0.05, 0.1) is 30.4 Å². The largest absolute Gasteiger partial charge is 0.393 e. The molecule has 0 aliphatic carbocycles. The molecule has 0 aromatic carbocycles. The Labute approximate surface area is 111 Å². The van der Waals surface area contributed by atoms with E-state index in [9.17, 15) is 5.11 Å². The molecule has 0 spiro atoms. The molecule has 1 fully saturated rings. The highest BCUT2D eigenvalue weighted by Crippen LogP contribution is 2.13. The zero-order valence-corrected chi connectivity index (χ0v) is 11.0. The molecule has 1 aliphatic rings. The van der Waals surface area contributed by atoms with E-state index in [0.29, 0.717) is 0 Å². The predicted octanol–water partition coefficient (Wildman–Crippen LogP) is -0.0425. The molecule has 1 aliphatic heterocycles. The SMILES string of the molecule is Cn1cc(-n2cc(CN3CCC(O)CC3)nn2)cn1. The van der Waals surface area contributed by atoms with Crippen molar-refractivity contribution in [3.05, 3.63) is 24.3 Å². The molecule has 3 heterocycles. The van der Waals surface area contributed by atoms with Crippen LogP contribution >= 0.6 is 0 Å². The molecule has 0 unspecified atom stereocenters. The van der Waals surface area contributed by atoms with Crippen LogP contribution in [0.1, 0.15) is 18.5 Å². The summed E-state index contributed by atoms with van der Waals surface area (Å²) in [6.45, 7) is 2.62. The molecule has 19 heavy (non-hydrogen) atoms. The van der Waals surface area contributed by atoms with Gasteiger partial charge in [-0.3, -0.25) is 9.58 Å². The van der Waals surface area contributed by atoms with Crippen molar-refractivity contribution in [3.8, 4) is 5.69 Å². The summed E-state index contributed by atoms with van der Waals surface area (Å²) >= 11 is 0. The van der Waals surface area contributed by atoms with Gasteiger partial charge in [0.25, 0.3) is 0 Å². The van der Waals surface area contributed by atoms with E-state index < -0.39 is 0 Å². The summed E-state index contributed by atoms with van der Waals surface area (Å²) in [5.41, 5.74) is 1.86. The van der Waals surface area contributed by atoms with Crippen LogP contribution in [0, 0.1) is 0 Å². The van der Waals surface area contributed by atoms with E-state index in [2.05, 4.69) is 20.3 Å². The third-order valence-electron chi connectivity index (χ3n) is 3.44. The van der Waals surface area contributed by atoms with Gasteiger partial charge in [0.2, 0.25) is 0 Å². The van der Waals surface area contributed by atoms with Crippen LogP contribution in [-0.4, -0.2) is 54.0 Å². The zero-order chi connectivity index (χ0) is 13.2. The summed E-state index contributed by atoms with van der Waals surface area (Å²) in [6, 6.07) is 0. The van der Waals surface area contributed by atoms with E-state index in [-0.39, 0.29) is 6.10 Å². The first-order chi connectivity index (χ1) is 9.20. The number of rotatable bonds is 3. The van der Waals surface area contributed by atoms with Gasteiger partial charge >= 0.3 is 0 Å². The summed E-state index contributed by atoms with van der Waals surface area (Å²) in [7, 11) is 1.88. The molecule has 0 amide bonds. The van der Waals surface area contributed by atoms with Crippen molar-refractivity contribution in [2.45, 2.75) is 25.5 Å². The van der Waals surface area contributed by atoms with Gasteiger partial charge in [-0.2, -0.15) is 5.10 Å². The van der Waals surface area contributed by atoms with Crippen molar-refractivity contribution in [2.75, 3.05) is 13.1 Å². The number of hydrogen-bond acceptors (Lipinski definition) is 5. The Morgan fingerprint density at radius 1 is 1.32 bits per heavy atom. The minimum Gasteiger partial charge on any atom is -0.393 e.